The monoisotopic (exact) mass is 347 g/mol. The highest BCUT2D eigenvalue weighted by Crippen LogP contribution is 2.35. The smallest absolute Gasteiger partial charge is 0.413 e. The van der Waals surface area contributed by atoms with Gasteiger partial charge in [0.05, 0.1) is 12.7 Å². The molecule has 24 heavy (non-hydrogen) atoms. The topological polar surface area (TPSA) is 64.1 Å². The summed E-state index contributed by atoms with van der Waals surface area (Å²) in [6, 6.07) is 1.63. The molecule has 0 unspecified atom stereocenters. The summed E-state index contributed by atoms with van der Waals surface area (Å²) in [7, 11) is 1.28. The number of benzene rings is 1. The molecule has 2 rings (SSSR count). The van der Waals surface area contributed by atoms with E-state index in [1.54, 1.807) is 0 Å². The maximum atomic E-state index is 13.6. The number of ether oxygens (including phenoxy) is 1. The average Bonchev–Trinajstić information content (AvgIpc) is 2.52. The lowest BCUT2D eigenvalue weighted by atomic mass is 10.0. The van der Waals surface area contributed by atoms with Gasteiger partial charge in [-0.15, -0.1) is 10.2 Å². The summed E-state index contributed by atoms with van der Waals surface area (Å²) >= 11 is 0. The molecule has 0 bridgehead atoms. The Hall–Kier alpha value is -2.78. The van der Waals surface area contributed by atoms with Gasteiger partial charge in [-0.3, -0.25) is 4.79 Å². The average molecular weight is 347 g/mol. The minimum absolute atomic E-state index is 0.0408. The summed E-state index contributed by atoms with van der Waals surface area (Å²) in [5.41, 5.74) is -1.78. The van der Waals surface area contributed by atoms with E-state index in [0.29, 0.717) is 12.1 Å². The van der Waals surface area contributed by atoms with Crippen LogP contribution in [0.15, 0.2) is 30.3 Å². The third-order valence-corrected chi connectivity index (χ3v) is 2.97. The van der Waals surface area contributed by atoms with Gasteiger partial charge in [-0.25, -0.2) is 8.78 Å². The van der Waals surface area contributed by atoms with Gasteiger partial charge in [-0.05, 0) is 18.2 Å². The first-order valence-corrected chi connectivity index (χ1v) is 6.43. The van der Waals surface area contributed by atoms with Gasteiger partial charge in [-0.2, -0.15) is 13.2 Å². The van der Waals surface area contributed by atoms with Crippen LogP contribution in [-0.2, 0) is 0 Å². The van der Waals surface area contributed by atoms with Gasteiger partial charge in [0, 0.05) is 6.07 Å². The van der Waals surface area contributed by atoms with Crippen LogP contribution in [0.1, 0.15) is 22.1 Å². The molecule has 1 N–H and O–H groups in total. The fourth-order valence-electron chi connectivity index (χ4n) is 1.86. The van der Waals surface area contributed by atoms with Crippen molar-refractivity contribution < 1.29 is 31.5 Å². The number of hydrogen-bond donors (Lipinski definition) is 1. The molecular formula is C14H10F5N3O2. The van der Waals surface area contributed by atoms with Crippen molar-refractivity contribution in [1.82, 2.24) is 15.5 Å². The third kappa shape index (κ3) is 3.76. The molecule has 1 heterocycles. The van der Waals surface area contributed by atoms with Crippen LogP contribution in [-0.4, -0.2) is 29.4 Å². The lowest BCUT2D eigenvalue weighted by Gasteiger charge is -2.22. The van der Waals surface area contributed by atoms with E-state index in [9.17, 15) is 26.7 Å². The molecule has 0 aliphatic carbocycles. The van der Waals surface area contributed by atoms with Crippen LogP contribution < -0.4 is 10.1 Å². The lowest BCUT2D eigenvalue weighted by Crippen LogP contribution is -2.39. The molecule has 0 spiro atoms. The minimum Gasteiger partial charge on any atom is -0.480 e. The van der Waals surface area contributed by atoms with E-state index < -0.39 is 41.0 Å². The van der Waals surface area contributed by atoms with Gasteiger partial charge in [0.1, 0.15) is 11.6 Å². The Kier molecular flexibility index (Phi) is 4.96. The maximum absolute atomic E-state index is 13.6. The predicted octanol–water partition coefficient (Wildman–Crippen LogP) is 2.80. The Morgan fingerprint density at radius 1 is 1.12 bits per heavy atom. The van der Waals surface area contributed by atoms with E-state index in [-0.39, 0.29) is 5.88 Å². The Morgan fingerprint density at radius 2 is 1.75 bits per heavy atom. The van der Waals surface area contributed by atoms with Crippen LogP contribution >= 0.6 is 0 Å². The summed E-state index contributed by atoms with van der Waals surface area (Å²) in [6.45, 7) is 0. The van der Waals surface area contributed by atoms with Crippen molar-refractivity contribution in [3.8, 4) is 5.88 Å². The molecule has 1 amide bonds. The SMILES string of the molecule is COc1ccc(C(=O)N[C@@H](c2c(F)cccc2F)C(F)(F)F)nn1. The van der Waals surface area contributed by atoms with Crippen LogP contribution in [0.25, 0.3) is 0 Å². The molecular weight excluding hydrogens is 337 g/mol. The highest BCUT2D eigenvalue weighted by Gasteiger charge is 2.45. The normalized spacial score (nSPS) is 12.6. The molecule has 0 saturated heterocycles. The second-order valence-electron chi connectivity index (χ2n) is 4.54. The summed E-state index contributed by atoms with van der Waals surface area (Å²) in [5, 5.41) is 8.34. The summed E-state index contributed by atoms with van der Waals surface area (Å²) in [4.78, 5) is 11.9. The lowest BCUT2D eigenvalue weighted by molar-refractivity contribution is -0.156. The fraction of sp³-hybridized carbons (Fsp3) is 0.214. The number of hydrogen-bond acceptors (Lipinski definition) is 4. The summed E-state index contributed by atoms with van der Waals surface area (Å²) < 4.78 is 71.5. The predicted molar refractivity (Wildman–Crippen MR) is 71.2 cm³/mol. The first kappa shape index (κ1) is 17.6. The van der Waals surface area contributed by atoms with Gasteiger partial charge in [0.2, 0.25) is 5.88 Å². The Balaban J connectivity index is 2.34. The first-order valence-electron chi connectivity index (χ1n) is 6.43. The molecule has 1 aromatic carbocycles. The van der Waals surface area contributed by atoms with Crippen molar-refractivity contribution in [3.05, 3.63) is 53.2 Å². The van der Waals surface area contributed by atoms with Crippen molar-refractivity contribution >= 4 is 5.91 Å². The van der Waals surface area contributed by atoms with E-state index in [1.807, 2.05) is 0 Å². The summed E-state index contributed by atoms with van der Waals surface area (Å²) in [6.07, 6.45) is -5.13. The Morgan fingerprint density at radius 3 is 2.21 bits per heavy atom. The van der Waals surface area contributed by atoms with E-state index in [1.165, 1.54) is 18.5 Å². The van der Waals surface area contributed by atoms with Gasteiger partial charge in [-0.1, -0.05) is 6.07 Å². The number of aromatic nitrogens is 2. The van der Waals surface area contributed by atoms with Gasteiger partial charge < -0.3 is 10.1 Å². The highest BCUT2D eigenvalue weighted by molar-refractivity contribution is 5.92. The Labute approximate surface area is 132 Å². The molecule has 1 atom stereocenters. The first-order chi connectivity index (χ1) is 11.2. The zero-order chi connectivity index (χ0) is 17.9. The molecule has 0 radical (unpaired) electrons. The van der Waals surface area contributed by atoms with E-state index in [2.05, 4.69) is 10.2 Å². The van der Waals surface area contributed by atoms with Crippen molar-refractivity contribution in [3.63, 3.8) is 0 Å². The number of nitrogens with zero attached hydrogens (tertiary/aromatic N) is 2. The molecule has 0 aliphatic heterocycles. The van der Waals surface area contributed by atoms with Crippen LogP contribution in [0.4, 0.5) is 22.0 Å². The zero-order valence-electron chi connectivity index (χ0n) is 12.1. The van der Waals surface area contributed by atoms with E-state index in [0.717, 1.165) is 12.1 Å². The van der Waals surface area contributed by atoms with Crippen LogP contribution in [0.2, 0.25) is 0 Å². The Bertz CT molecular complexity index is 714. The van der Waals surface area contributed by atoms with Crippen LogP contribution in [0, 0.1) is 11.6 Å². The fourth-order valence-corrected chi connectivity index (χ4v) is 1.86. The molecule has 1 aromatic heterocycles. The third-order valence-electron chi connectivity index (χ3n) is 2.97. The molecule has 0 fully saturated rings. The molecule has 0 saturated carbocycles. The number of alkyl halides is 3. The van der Waals surface area contributed by atoms with Gasteiger partial charge in [0.25, 0.3) is 5.91 Å². The number of rotatable bonds is 4. The number of nitrogens with one attached hydrogen (secondary N) is 1. The zero-order valence-corrected chi connectivity index (χ0v) is 12.1. The van der Waals surface area contributed by atoms with E-state index >= 15 is 0 Å². The van der Waals surface area contributed by atoms with Crippen molar-refractivity contribution in [2.24, 2.45) is 0 Å². The number of methoxy groups -OCH3 is 1. The second kappa shape index (κ2) is 6.77. The second-order valence-corrected chi connectivity index (χ2v) is 4.54. The largest absolute Gasteiger partial charge is 0.480 e. The van der Waals surface area contributed by atoms with Gasteiger partial charge in [0.15, 0.2) is 11.7 Å². The number of carbonyl (C=O) groups excluding carboxylic acids is 1. The van der Waals surface area contributed by atoms with Crippen molar-refractivity contribution in [1.29, 1.82) is 0 Å². The quantitative estimate of drug-likeness (QED) is 0.864. The van der Waals surface area contributed by atoms with Crippen LogP contribution in [0.3, 0.4) is 0 Å². The highest BCUT2D eigenvalue weighted by atomic mass is 19.4. The minimum atomic E-state index is -5.13. The number of carbonyl (C=O) groups is 1. The molecule has 128 valence electrons. The standard InChI is InChI=1S/C14H10F5N3O2/c1-24-10-6-5-9(21-22-10)13(23)20-12(14(17,18)19)11-7(15)3-2-4-8(11)16/h2-6,12H,1H3,(H,20,23)/t12-/m0/s1. The van der Waals surface area contributed by atoms with Crippen molar-refractivity contribution in [2.75, 3.05) is 7.11 Å². The van der Waals surface area contributed by atoms with E-state index in [4.69, 9.17) is 4.74 Å². The molecule has 10 heteroatoms. The number of amides is 1. The molecule has 0 aliphatic rings. The van der Waals surface area contributed by atoms with Crippen LogP contribution in [0.5, 0.6) is 5.88 Å². The number of halogens is 5. The van der Waals surface area contributed by atoms with Crippen molar-refractivity contribution in [2.45, 2.75) is 12.2 Å². The molecule has 2 aromatic rings. The summed E-state index contributed by atoms with van der Waals surface area (Å²) in [5.74, 6) is -4.12. The molecule has 5 nitrogen and oxygen atoms in total. The van der Waals surface area contributed by atoms with Gasteiger partial charge >= 0.3 is 6.18 Å². The maximum Gasteiger partial charge on any atom is 0.413 e.